The molecule has 0 aliphatic heterocycles. The molecule has 0 fully saturated rings. The Morgan fingerprint density at radius 1 is 1.75 bits per heavy atom. The van der Waals surface area contributed by atoms with Gasteiger partial charge in [-0.05, 0) is 0 Å². The van der Waals surface area contributed by atoms with Crippen LogP contribution < -0.4 is 0 Å². The molecule has 0 aromatic rings. The monoisotopic (exact) mass is 284 g/mol. The standard InChI is InChI=1S/HNO2.U/c2-1-3;/h(H,2,3);/p-1. The molecule has 3 nitrogen and oxygen atoms in total. The van der Waals surface area contributed by atoms with Crippen LogP contribution in [0.2, 0.25) is 0 Å². The summed E-state index contributed by atoms with van der Waals surface area (Å²) in [6.07, 6.45) is 0. The molecule has 0 rings (SSSR count). The van der Waals surface area contributed by atoms with Crippen molar-refractivity contribution < 1.29 is 31.1 Å². The van der Waals surface area contributed by atoms with Gasteiger partial charge < -0.3 is 10.1 Å². The first-order chi connectivity index (χ1) is 1.41. The van der Waals surface area contributed by atoms with Crippen LogP contribution in [-0.4, -0.2) is 0 Å². The summed E-state index contributed by atoms with van der Waals surface area (Å²) in [5, 5.41) is 9.00. The summed E-state index contributed by atoms with van der Waals surface area (Å²) in [5.41, 5.74) is 0. The van der Waals surface area contributed by atoms with Gasteiger partial charge in [-0.25, -0.2) is 0 Å². The molecule has 0 aliphatic rings. The molecule has 0 amide bonds. The van der Waals surface area contributed by atoms with E-state index in [2.05, 4.69) is 0 Å². The van der Waals surface area contributed by atoms with Gasteiger partial charge in [-0.3, -0.25) is 0 Å². The van der Waals surface area contributed by atoms with E-state index in [1.807, 2.05) is 0 Å². The summed E-state index contributed by atoms with van der Waals surface area (Å²) in [7, 11) is 0. The van der Waals surface area contributed by atoms with Crippen LogP contribution in [0.4, 0.5) is 0 Å². The first-order valence-electron chi connectivity index (χ1n) is 0.365. The van der Waals surface area contributed by atoms with Gasteiger partial charge in [0.1, 0.15) is 0 Å². The zero-order chi connectivity index (χ0) is 2.71. The first kappa shape index (κ1) is 8.82. The summed E-state index contributed by atoms with van der Waals surface area (Å²) in [6, 6.07) is 0. The van der Waals surface area contributed by atoms with E-state index >= 15 is 0 Å². The normalized spacial score (nSPS) is 3.00. The van der Waals surface area contributed by atoms with Crippen molar-refractivity contribution in [3.63, 3.8) is 0 Å². The summed E-state index contributed by atoms with van der Waals surface area (Å²) < 4.78 is 0. The fourth-order valence-corrected chi connectivity index (χ4v) is 0. The number of rotatable bonds is 0. The quantitative estimate of drug-likeness (QED) is 0.473. The van der Waals surface area contributed by atoms with Gasteiger partial charge in [0.25, 0.3) is 0 Å². The van der Waals surface area contributed by atoms with Crippen LogP contribution >= 0.6 is 0 Å². The first-order valence-corrected chi connectivity index (χ1v) is 0.365. The summed E-state index contributed by atoms with van der Waals surface area (Å²) in [4.78, 5) is 8.00. The maximum Gasteiger partial charge on any atom is 0 e. The SMILES string of the molecule is O=N[O-].[U]. The molecule has 0 N–H and O–H groups in total. The Hall–Kier alpha value is 0.452. The molecular formula is NO2U-. The Morgan fingerprint density at radius 2 is 1.75 bits per heavy atom. The maximum atomic E-state index is 8.00. The molecule has 0 heterocycles. The van der Waals surface area contributed by atoms with Gasteiger partial charge in [-0.2, -0.15) is 0 Å². The number of hydrogen-bond donors (Lipinski definition) is 0. The van der Waals surface area contributed by atoms with Crippen LogP contribution in [0.1, 0.15) is 0 Å². The Bertz CT molecular complexity index is 13.5. The molecule has 0 aromatic carbocycles. The predicted molar refractivity (Wildman–Crippen MR) is 9.16 cm³/mol. The fourth-order valence-electron chi connectivity index (χ4n) is 0. The second-order valence-corrected chi connectivity index (χ2v) is 0.0745. The van der Waals surface area contributed by atoms with Crippen molar-refractivity contribution in [1.82, 2.24) is 0 Å². The minimum absolute atomic E-state index is 0. The Balaban J connectivity index is 0. The summed E-state index contributed by atoms with van der Waals surface area (Å²) in [5.74, 6) is 0. The van der Waals surface area contributed by atoms with Crippen molar-refractivity contribution in [2.75, 3.05) is 0 Å². The fraction of sp³-hybridized carbons (Fsp3) is 0. The summed E-state index contributed by atoms with van der Waals surface area (Å²) >= 11 is 0. The molecule has 0 aromatic heterocycles. The maximum absolute atomic E-state index is 8.00. The Morgan fingerprint density at radius 3 is 1.75 bits per heavy atom. The number of hydrogen-bond acceptors (Lipinski definition) is 3. The zero-order valence-electron chi connectivity index (χ0n) is 1.76. The van der Waals surface area contributed by atoms with Crippen molar-refractivity contribution in [2.24, 2.45) is 5.34 Å². The molecule has 22 valence electrons. The molecule has 0 bridgehead atoms. The Labute approximate surface area is 46.7 Å². The molecule has 0 radical (unpaired) electrons. The van der Waals surface area contributed by atoms with E-state index in [0.29, 0.717) is 0 Å². The summed E-state index contributed by atoms with van der Waals surface area (Å²) in [6.45, 7) is 0. The number of nitrogens with zero attached hydrogens (tertiary/aromatic N) is 1. The smallest absolute Gasteiger partial charge is 0 e. The van der Waals surface area contributed by atoms with Crippen LogP contribution in [0.3, 0.4) is 0 Å². The van der Waals surface area contributed by atoms with Crippen LogP contribution in [0.25, 0.3) is 0 Å². The topological polar surface area (TPSA) is 52.5 Å². The molecule has 0 aliphatic carbocycles. The van der Waals surface area contributed by atoms with E-state index in [1.165, 1.54) is 0 Å². The minimum Gasteiger partial charge on any atom is -0.444 e. The zero-order valence-corrected chi connectivity index (χ0v) is 5.93. The molecular weight excluding hydrogens is 284 g/mol. The van der Waals surface area contributed by atoms with Crippen molar-refractivity contribution in [1.29, 1.82) is 0 Å². The van der Waals surface area contributed by atoms with Gasteiger partial charge in [0.05, 0.1) is 0 Å². The molecule has 0 saturated carbocycles. The second-order valence-electron chi connectivity index (χ2n) is 0.0745. The van der Waals surface area contributed by atoms with E-state index in [1.54, 1.807) is 0 Å². The van der Waals surface area contributed by atoms with Crippen molar-refractivity contribution in [3.8, 4) is 0 Å². The molecule has 4 heteroatoms. The van der Waals surface area contributed by atoms with Gasteiger partial charge in [0, 0.05) is 31.1 Å². The minimum atomic E-state index is 0. The third-order valence-electron chi connectivity index (χ3n) is 0. The van der Waals surface area contributed by atoms with E-state index in [4.69, 9.17) is 10.1 Å². The van der Waals surface area contributed by atoms with E-state index in [9.17, 15) is 0 Å². The molecule has 0 spiro atoms. The van der Waals surface area contributed by atoms with E-state index < -0.39 is 0 Å². The Kier molecular flexibility index (Phi) is 21.7. The third-order valence-corrected chi connectivity index (χ3v) is 0. The molecule has 0 atom stereocenters. The van der Waals surface area contributed by atoms with E-state index in [0.717, 1.165) is 5.34 Å². The van der Waals surface area contributed by atoms with Gasteiger partial charge in [-0.1, -0.05) is 0 Å². The third kappa shape index (κ3) is 25.3. The average Bonchev–Trinajstić information content (AvgIpc) is 0.918. The van der Waals surface area contributed by atoms with Gasteiger partial charge in [0.15, 0.2) is 0 Å². The second kappa shape index (κ2) is 9.84. The predicted octanol–water partition coefficient (Wildman–Crippen LogP) is 0.251. The molecule has 0 saturated heterocycles. The average molecular weight is 284 g/mol. The van der Waals surface area contributed by atoms with Gasteiger partial charge in [-0.15, -0.1) is 5.34 Å². The van der Waals surface area contributed by atoms with Crippen molar-refractivity contribution in [2.45, 2.75) is 0 Å². The molecule has 0 unspecified atom stereocenters. The van der Waals surface area contributed by atoms with Crippen molar-refractivity contribution in [3.05, 3.63) is 10.1 Å². The largest absolute Gasteiger partial charge is 0.444 e. The van der Waals surface area contributed by atoms with Gasteiger partial charge >= 0.3 is 0 Å². The van der Waals surface area contributed by atoms with Crippen molar-refractivity contribution >= 4 is 0 Å². The van der Waals surface area contributed by atoms with Crippen LogP contribution in [-0.2, 0) is 0 Å². The van der Waals surface area contributed by atoms with E-state index in [-0.39, 0.29) is 31.1 Å². The van der Waals surface area contributed by atoms with Crippen LogP contribution in [0.15, 0.2) is 5.34 Å². The molecule has 4 heavy (non-hydrogen) atoms. The van der Waals surface area contributed by atoms with Gasteiger partial charge in [0.2, 0.25) is 0 Å². The van der Waals surface area contributed by atoms with Crippen LogP contribution in [0, 0.1) is 41.2 Å². The van der Waals surface area contributed by atoms with Crippen LogP contribution in [0.5, 0.6) is 0 Å².